The molecule has 0 bridgehead atoms. The van der Waals surface area contributed by atoms with E-state index in [2.05, 4.69) is 29.1 Å². The van der Waals surface area contributed by atoms with Gasteiger partial charge in [0, 0.05) is 12.3 Å². The molecule has 1 aromatic rings. The number of amides is 1. The van der Waals surface area contributed by atoms with Crippen molar-refractivity contribution in [3.8, 4) is 0 Å². The summed E-state index contributed by atoms with van der Waals surface area (Å²) in [4.78, 5) is 19.0. The van der Waals surface area contributed by atoms with Gasteiger partial charge in [0.2, 0.25) is 5.91 Å². The third-order valence-electron chi connectivity index (χ3n) is 2.54. The summed E-state index contributed by atoms with van der Waals surface area (Å²) in [6, 6.07) is 0. The predicted octanol–water partition coefficient (Wildman–Crippen LogP) is 2.74. The smallest absolute Gasteiger partial charge is 0.228 e. The zero-order valence-electron chi connectivity index (χ0n) is 10.3. The number of anilines is 1. The Labute approximate surface area is 96.9 Å². The Bertz CT molecular complexity index is 333. The van der Waals surface area contributed by atoms with Gasteiger partial charge in [-0.05, 0) is 12.8 Å². The van der Waals surface area contributed by atoms with Crippen molar-refractivity contribution in [2.24, 2.45) is 5.92 Å². The highest BCUT2D eigenvalue weighted by Crippen LogP contribution is 2.10. The fourth-order valence-corrected chi connectivity index (χ4v) is 1.61. The number of H-pyrrole nitrogens is 1. The number of rotatable bonds is 6. The Balaban J connectivity index is 2.49. The first-order valence-electron chi connectivity index (χ1n) is 6.02. The summed E-state index contributed by atoms with van der Waals surface area (Å²) in [5.41, 5.74) is 0. The molecule has 0 saturated carbocycles. The van der Waals surface area contributed by atoms with Crippen LogP contribution in [0, 0.1) is 5.92 Å². The lowest BCUT2D eigenvalue weighted by molar-refractivity contribution is -0.119. The van der Waals surface area contributed by atoms with Crippen molar-refractivity contribution in [2.75, 3.05) is 5.32 Å². The first kappa shape index (κ1) is 12.7. The van der Waals surface area contributed by atoms with Crippen LogP contribution in [-0.4, -0.2) is 15.9 Å². The average molecular weight is 223 g/mol. The summed E-state index contributed by atoms with van der Waals surface area (Å²) in [6.45, 7) is 6.13. The van der Waals surface area contributed by atoms with Gasteiger partial charge in [-0.2, -0.15) is 0 Å². The average Bonchev–Trinajstić information content (AvgIpc) is 2.66. The lowest BCUT2D eigenvalue weighted by atomic mass is 10.1. The Morgan fingerprint density at radius 2 is 2.25 bits per heavy atom. The number of aromatic amines is 1. The first-order chi connectivity index (χ1) is 7.67. The van der Waals surface area contributed by atoms with E-state index in [0.29, 0.717) is 5.82 Å². The molecule has 16 heavy (non-hydrogen) atoms. The maximum absolute atomic E-state index is 11.7. The van der Waals surface area contributed by atoms with E-state index in [1.807, 2.05) is 6.92 Å². The quantitative estimate of drug-likeness (QED) is 0.779. The number of aromatic nitrogens is 2. The number of nitrogens with one attached hydrogen (secondary N) is 2. The molecular formula is C12H21N3O. The minimum absolute atomic E-state index is 0.0583. The molecule has 1 amide bonds. The molecule has 0 aliphatic heterocycles. The topological polar surface area (TPSA) is 57.8 Å². The van der Waals surface area contributed by atoms with Gasteiger partial charge in [0.15, 0.2) is 0 Å². The second kappa shape index (κ2) is 6.30. The van der Waals surface area contributed by atoms with Crippen LogP contribution in [0.15, 0.2) is 6.20 Å². The normalized spacial score (nSPS) is 12.4. The van der Waals surface area contributed by atoms with Crippen LogP contribution in [-0.2, 0) is 11.2 Å². The SMILES string of the molecule is CCCc1ncc(NC(=O)C(C)CCC)[nH]1. The van der Waals surface area contributed by atoms with Crippen LogP contribution in [0.2, 0.25) is 0 Å². The van der Waals surface area contributed by atoms with Gasteiger partial charge in [-0.15, -0.1) is 0 Å². The molecule has 0 spiro atoms. The van der Waals surface area contributed by atoms with Gasteiger partial charge in [-0.1, -0.05) is 27.2 Å². The highest BCUT2D eigenvalue weighted by atomic mass is 16.1. The molecule has 0 aliphatic rings. The number of aryl methyl sites for hydroxylation is 1. The van der Waals surface area contributed by atoms with Crippen LogP contribution in [0.25, 0.3) is 0 Å². The summed E-state index contributed by atoms with van der Waals surface area (Å²) in [7, 11) is 0. The van der Waals surface area contributed by atoms with Crippen molar-refractivity contribution in [3.63, 3.8) is 0 Å². The third kappa shape index (κ3) is 3.68. The van der Waals surface area contributed by atoms with Crippen LogP contribution in [0.4, 0.5) is 5.82 Å². The van der Waals surface area contributed by atoms with Crippen molar-refractivity contribution < 1.29 is 4.79 Å². The van der Waals surface area contributed by atoms with Crippen LogP contribution < -0.4 is 5.32 Å². The number of carbonyl (C=O) groups is 1. The molecule has 4 nitrogen and oxygen atoms in total. The van der Waals surface area contributed by atoms with E-state index in [0.717, 1.165) is 31.5 Å². The largest absolute Gasteiger partial charge is 0.329 e. The standard InChI is InChI=1S/C12H21N3O/c1-4-6-9(3)12(16)15-11-8-13-10(14-11)7-5-2/h8-9H,4-7H2,1-3H3,(H,13,14)(H,15,16). The van der Waals surface area contributed by atoms with Crippen molar-refractivity contribution >= 4 is 11.7 Å². The zero-order chi connectivity index (χ0) is 12.0. The van der Waals surface area contributed by atoms with E-state index in [-0.39, 0.29) is 11.8 Å². The maximum Gasteiger partial charge on any atom is 0.228 e. The molecule has 90 valence electrons. The van der Waals surface area contributed by atoms with E-state index in [4.69, 9.17) is 0 Å². The molecule has 1 heterocycles. The molecule has 0 radical (unpaired) electrons. The van der Waals surface area contributed by atoms with Gasteiger partial charge in [0.25, 0.3) is 0 Å². The van der Waals surface area contributed by atoms with Gasteiger partial charge >= 0.3 is 0 Å². The summed E-state index contributed by atoms with van der Waals surface area (Å²) in [5.74, 6) is 1.76. The number of hydrogen-bond donors (Lipinski definition) is 2. The van der Waals surface area contributed by atoms with E-state index < -0.39 is 0 Å². The number of carbonyl (C=O) groups excluding carboxylic acids is 1. The number of hydrogen-bond acceptors (Lipinski definition) is 2. The molecule has 0 aliphatic carbocycles. The highest BCUT2D eigenvalue weighted by Gasteiger charge is 2.12. The summed E-state index contributed by atoms with van der Waals surface area (Å²) in [6.07, 6.45) is 5.59. The van der Waals surface area contributed by atoms with Gasteiger partial charge in [0.05, 0.1) is 6.20 Å². The van der Waals surface area contributed by atoms with E-state index in [1.54, 1.807) is 6.20 Å². The third-order valence-corrected chi connectivity index (χ3v) is 2.54. The Hall–Kier alpha value is -1.32. The summed E-state index contributed by atoms with van der Waals surface area (Å²) in [5, 5.41) is 2.85. The fourth-order valence-electron chi connectivity index (χ4n) is 1.61. The minimum Gasteiger partial charge on any atom is -0.329 e. The molecular weight excluding hydrogens is 202 g/mol. The molecule has 1 rings (SSSR count). The Kier molecular flexibility index (Phi) is 5.02. The molecule has 0 saturated heterocycles. The van der Waals surface area contributed by atoms with Gasteiger partial charge in [-0.3, -0.25) is 4.79 Å². The van der Waals surface area contributed by atoms with Gasteiger partial charge in [-0.25, -0.2) is 4.98 Å². The van der Waals surface area contributed by atoms with E-state index in [9.17, 15) is 4.79 Å². The first-order valence-corrected chi connectivity index (χ1v) is 6.02. The minimum atomic E-state index is 0.0583. The van der Waals surface area contributed by atoms with Crippen LogP contribution in [0.1, 0.15) is 45.9 Å². The zero-order valence-corrected chi connectivity index (χ0v) is 10.3. The van der Waals surface area contributed by atoms with Crippen LogP contribution >= 0.6 is 0 Å². The second-order valence-corrected chi connectivity index (χ2v) is 4.17. The Morgan fingerprint density at radius 1 is 1.50 bits per heavy atom. The Morgan fingerprint density at radius 3 is 2.88 bits per heavy atom. The second-order valence-electron chi connectivity index (χ2n) is 4.17. The maximum atomic E-state index is 11.7. The highest BCUT2D eigenvalue weighted by molar-refractivity contribution is 5.91. The van der Waals surface area contributed by atoms with Crippen molar-refractivity contribution in [1.82, 2.24) is 9.97 Å². The summed E-state index contributed by atoms with van der Waals surface area (Å²) >= 11 is 0. The lowest BCUT2D eigenvalue weighted by Crippen LogP contribution is -2.20. The van der Waals surface area contributed by atoms with E-state index >= 15 is 0 Å². The summed E-state index contributed by atoms with van der Waals surface area (Å²) < 4.78 is 0. The molecule has 0 aromatic carbocycles. The molecule has 1 atom stereocenters. The molecule has 1 unspecified atom stereocenters. The van der Waals surface area contributed by atoms with Crippen molar-refractivity contribution in [3.05, 3.63) is 12.0 Å². The lowest BCUT2D eigenvalue weighted by Gasteiger charge is -2.09. The number of nitrogens with zero attached hydrogens (tertiary/aromatic N) is 1. The van der Waals surface area contributed by atoms with Crippen molar-refractivity contribution in [1.29, 1.82) is 0 Å². The monoisotopic (exact) mass is 223 g/mol. The molecule has 1 aromatic heterocycles. The van der Waals surface area contributed by atoms with Crippen LogP contribution in [0.3, 0.4) is 0 Å². The molecule has 0 fully saturated rings. The van der Waals surface area contributed by atoms with Crippen LogP contribution in [0.5, 0.6) is 0 Å². The fraction of sp³-hybridized carbons (Fsp3) is 0.667. The predicted molar refractivity (Wildman–Crippen MR) is 65.3 cm³/mol. The van der Waals surface area contributed by atoms with Gasteiger partial charge in [0.1, 0.15) is 11.6 Å². The van der Waals surface area contributed by atoms with E-state index in [1.165, 1.54) is 0 Å². The van der Waals surface area contributed by atoms with Crippen molar-refractivity contribution in [2.45, 2.75) is 46.5 Å². The van der Waals surface area contributed by atoms with Gasteiger partial charge < -0.3 is 10.3 Å². The molecule has 4 heteroatoms. The number of imidazole rings is 1. The molecule has 2 N–H and O–H groups in total.